The van der Waals surface area contributed by atoms with E-state index in [0.29, 0.717) is 29.2 Å². The topological polar surface area (TPSA) is 44.1 Å². The number of alkyl halides is 2. The van der Waals surface area contributed by atoms with Crippen LogP contribution in [-0.2, 0) is 11.3 Å². The highest BCUT2D eigenvalue weighted by atomic mass is 79.9. The number of fused-ring (bicyclic) bond motifs is 1. The van der Waals surface area contributed by atoms with E-state index in [9.17, 15) is 4.79 Å². The van der Waals surface area contributed by atoms with Crippen molar-refractivity contribution in [2.45, 2.75) is 22.5 Å². The molecule has 1 heterocycles. The van der Waals surface area contributed by atoms with Crippen molar-refractivity contribution >= 4 is 61.8 Å². The van der Waals surface area contributed by atoms with Crippen molar-refractivity contribution < 1.29 is 4.74 Å². The first kappa shape index (κ1) is 17.5. The lowest BCUT2D eigenvalue weighted by Crippen LogP contribution is -2.25. The molecule has 1 saturated carbocycles. The van der Waals surface area contributed by atoms with Crippen LogP contribution >= 0.6 is 50.9 Å². The molecule has 8 heteroatoms. The van der Waals surface area contributed by atoms with Crippen LogP contribution in [0.5, 0.6) is 0 Å². The number of aromatic nitrogens is 2. The summed E-state index contributed by atoms with van der Waals surface area (Å²) in [6.07, 6.45) is 0.784. The van der Waals surface area contributed by atoms with Gasteiger partial charge in [0.1, 0.15) is 4.33 Å². The van der Waals surface area contributed by atoms with Gasteiger partial charge in [0.15, 0.2) is 5.16 Å². The number of benzene rings is 1. The Morgan fingerprint density at radius 2 is 2.26 bits per heavy atom. The van der Waals surface area contributed by atoms with Crippen LogP contribution in [0.1, 0.15) is 6.42 Å². The first-order valence-corrected chi connectivity index (χ1v) is 9.65. The average Bonchev–Trinajstić information content (AvgIpc) is 3.12. The maximum Gasteiger partial charge on any atom is 0.262 e. The van der Waals surface area contributed by atoms with Crippen LogP contribution in [0.25, 0.3) is 10.9 Å². The zero-order chi connectivity index (χ0) is 16.6. The Labute approximate surface area is 156 Å². The Kier molecular flexibility index (Phi) is 5.28. The molecule has 0 radical (unpaired) electrons. The maximum atomic E-state index is 12.8. The number of thioether (sulfide) groups is 1. The van der Waals surface area contributed by atoms with Gasteiger partial charge in [0, 0.05) is 23.3 Å². The molecule has 1 atom stereocenters. The molecular weight excluding hydrogens is 423 g/mol. The summed E-state index contributed by atoms with van der Waals surface area (Å²) >= 11 is 17.1. The third kappa shape index (κ3) is 3.87. The molecule has 4 nitrogen and oxygen atoms in total. The van der Waals surface area contributed by atoms with E-state index < -0.39 is 4.33 Å². The quantitative estimate of drug-likeness (QED) is 0.387. The Balaban J connectivity index is 1.96. The lowest BCUT2D eigenvalue weighted by atomic mass is 10.2. The number of nitrogens with zero attached hydrogens (tertiary/aromatic N) is 2. The third-order valence-corrected chi connectivity index (χ3v) is 6.33. The highest BCUT2D eigenvalue weighted by molar-refractivity contribution is 9.10. The molecule has 0 aliphatic heterocycles. The van der Waals surface area contributed by atoms with Crippen molar-refractivity contribution in [3.05, 3.63) is 33.0 Å². The summed E-state index contributed by atoms with van der Waals surface area (Å²) in [5, 5.41) is 1.27. The first-order chi connectivity index (χ1) is 10.9. The monoisotopic (exact) mass is 436 g/mol. The zero-order valence-electron chi connectivity index (χ0n) is 12.4. The van der Waals surface area contributed by atoms with E-state index in [1.165, 1.54) is 11.8 Å². The summed E-state index contributed by atoms with van der Waals surface area (Å²) in [4.78, 5) is 17.4. The van der Waals surface area contributed by atoms with Crippen LogP contribution in [0, 0.1) is 5.92 Å². The Bertz CT molecular complexity index is 797. The molecule has 0 spiro atoms. The van der Waals surface area contributed by atoms with Gasteiger partial charge in [-0.2, -0.15) is 0 Å². The Hall–Kier alpha value is -0.270. The van der Waals surface area contributed by atoms with Crippen molar-refractivity contribution in [3.63, 3.8) is 0 Å². The van der Waals surface area contributed by atoms with Crippen LogP contribution in [-0.4, -0.2) is 33.4 Å². The molecule has 2 aromatic rings. The number of rotatable bonds is 6. The highest BCUT2D eigenvalue weighted by Crippen LogP contribution is 2.54. The smallest absolute Gasteiger partial charge is 0.262 e. The minimum atomic E-state index is -0.619. The highest BCUT2D eigenvalue weighted by Gasteiger charge is 2.51. The molecule has 23 heavy (non-hydrogen) atoms. The fourth-order valence-electron chi connectivity index (χ4n) is 2.29. The van der Waals surface area contributed by atoms with E-state index in [1.807, 2.05) is 12.1 Å². The van der Waals surface area contributed by atoms with Crippen LogP contribution in [0.2, 0.25) is 0 Å². The summed E-state index contributed by atoms with van der Waals surface area (Å²) in [5.74, 6) is 0.985. The molecule has 1 aromatic carbocycles. The Morgan fingerprint density at radius 3 is 2.91 bits per heavy atom. The average molecular weight is 438 g/mol. The lowest BCUT2D eigenvalue weighted by Gasteiger charge is -2.13. The summed E-state index contributed by atoms with van der Waals surface area (Å²) in [7, 11) is 1.61. The van der Waals surface area contributed by atoms with Crippen molar-refractivity contribution in [1.82, 2.24) is 9.55 Å². The largest absolute Gasteiger partial charge is 0.383 e. The van der Waals surface area contributed by atoms with E-state index in [1.54, 1.807) is 17.7 Å². The van der Waals surface area contributed by atoms with Gasteiger partial charge in [-0.1, -0.05) is 27.7 Å². The van der Waals surface area contributed by atoms with Crippen LogP contribution in [0.15, 0.2) is 32.6 Å². The minimum Gasteiger partial charge on any atom is -0.383 e. The summed E-state index contributed by atoms with van der Waals surface area (Å²) in [6.45, 7) is 0.914. The molecule has 0 N–H and O–H groups in total. The molecule has 1 fully saturated rings. The second-order valence-electron chi connectivity index (χ2n) is 5.48. The van der Waals surface area contributed by atoms with Gasteiger partial charge in [-0.15, -0.1) is 23.2 Å². The predicted molar refractivity (Wildman–Crippen MR) is 98.8 cm³/mol. The van der Waals surface area contributed by atoms with Crippen molar-refractivity contribution in [2.75, 3.05) is 19.5 Å². The summed E-state index contributed by atoms with van der Waals surface area (Å²) < 4.78 is 7.01. The minimum absolute atomic E-state index is 0.0605. The zero-order valence-corrected chi connectivity index (χ0v) is 16.3. The van der Waals surface area contributed by atoms with E-state index in [2.05, 4.69) is 20.9 Å². The number of hydrogen-bond donors (Lipinski definition) is 0. The molecule has 124 valence electrons. The van der Waals surface area contributed by atoms with E-state index in [-0.39, 0.29) is 11.5 Å². The van der Waals surface area contributed by atoms with Crippen LogP contribution in [0.4, 0.5) is 0 Å². The van der Waals surface area contributed by atoms with Crippen LogP contribution < -0.4 is 5.56 Å². The van der Waals surface area contributed by atoms with E-state index in [4.69, 9.17) is 27.9 Å². The molecule has 1 aliphatic rings. The van der Waals surface area contributed by atoms with Gasteiger partial charge in [0.2, 0.25) is 0 Å². The van der Waals surface area contributed by atoms with Gasteiger partial charge in [-0.05, 0) is 24.6 Å². The maximum absolute atomic E-state index is 12.8. The molecule has 3 rings (SSSR count). The molecule has 0 amide bonds. The van der Waals surface area contributed by atoms with Gasteiger partial charge >= 0.3 is 0 Å². The molecule has 0 bridgehead atoms. The normalized spacial score (nSPS) is 19.2. The van der Waals surface area contributed by atoms with Crippen LogP contribution in [0.3, 0.4) is 0 Å². The predicted octanol–water partition coefficient (Wildman–Crippen LogP) is 4.09. The number of halogens is 3. The molecular formula is C15H15BrCl2N2O2S. The summed E-state index contributed by atoms with van der Waals surface area (Å²) in [6, 6.07) is 5.52. The number of ether oxygens (including phenoxy) is 1. The van der Waals surface area contributed by atoms with Crippen molar-refractivity contribution in [2.24, 2.45) is 5.92 Å². The van der Waals surface area contributed by atoms with Gasteiger partial charge in [-0.25, -0.2) is 4.98 Å². The second-order valence-corrected chi connectivity index (χ2v) is 8.92. The van der Waals surface area contributed by atoms with Gasteiger partial charge in [0.25, 0.3) is 5.56 Å². The fourth-order valence-corrected chi connectivity index (χ4v) is 4.60. The first-order valence-electron chi connectivity index (χ1n) is 7.12. The molecule has 1 aromatic heterocycles. The Morgan fingerprint density at radius 1 is 1.52 bits per heavy atom. The number of hydrogen-bond acceptors (Lipinski definition) is 4. The fraction of sp³-hybridized carbons (Fsp3) is 0.467. The molecule has 0 saturated heterocycles. The van der Waals surface area contributed by atoms with Crippen molar-refractivity contribution in [1.29, 1.82) is 0 Å². The van der Waals surface area contributed by atoms with Gasteiger partial charge in [0.05, 0.1) is 24.1 Å². The van der Waals surface area contributed by atoms with Crippen molar-refractivity contribution in [3.8, 4) is 0 Å². The number of methoxy groups -OCH3 is 1. The van der Waals surface area contributed by atoms with E-state index >= 15 is 0 Å². The SMILES string of the molecule is COCCn1c(SC[C@H]2CC2(Cl)Cl)nc2ccc(Br)cc2c1=O. The van der Waals surface area contributed by atoms with E-state index in [0.717, 1.165) is 16.6 Å². The standard InChI is InChI=1S/C15H15BrCl2N2O2S/c1-22-5-4-20-13(21)11-6-10(16)2-3-12(11)19-14(20)23-8-9-7-15(9,17)18/h2-3,6,9H,4-5,7-8H2,1H3/t9-/m1/s1. The second kappa shape index (κ2) is 6.92. The third-order valence-electron chi connectivity index (χ3n) is 3.77. The van der Waals surface area contributed by atoms with Gasteiger partial charge in [-0.3, -0.25) is 9.36 Å². The molecule has 0 unspecified atom stereocenters. The lowest BCUT2D eigenvalue weighted by molar-refractivity contribution is 0.183. The molecule has 1 aliphatic carbocycles. The van der Waals surface area contributed by atoms with Gasteiger partial charge < -0.3 is 4.74 Å². The summed E-state index contributed by atoms with van der Waals surface area (Å²) in [5.41, 5.74) is 0.628.